The largest absolute Gasteiger partial charge is 0.492 e. The highest BCUT2D eigenvalue weighted by molar-refractivity contribution is 7.98. The smallest absolute Gasteiger partial charge is 0.264 e. The van der Waals surface area contributed by atoms with Crippen LogP contribution in [0.2, 0.25) is 0 Å². The van der Waals surface area contributed by atoms with E-state index in [1.165, 1.54) is 16.7 Å². The van der Waals surface area contributed by atoms with Crippen molar-refractivity contribution in [2.75, 3.05) is 23.7 Å². The molecular formula is C34H43N3O5S2. The number of ether oxygens (including phenoxy) is 1. The number of amides is 2. The van der Waals surface area contributed by atoms with E-state index in [1.54, 1.807) is 48.5 Å². The lowest BCUT2D eigenvalue weighted by atomic mass is 10.1. The lowest BCUT2D eigenvalue weighted by molar-refractivity contribution is -0.140. The van der Waals surface area contributed by atoms with Crippen LogP contribution >= 0.6 is 11.8 Å². The predicted octanol–water partition coefficient (Wildman–Crippen LogP) is 6.18. The summed E-state index contributed by atoms with van der Waals surface area (Å²) < 4.78 is 35.5. The lowest BCUT2D eigenvalue weighted by Crippen LogP contribution is -2.53. The van der Waals surface area contributed by atoms with E-state index in [4.69, 9.17) is 4.74 Å². The van der Waals surface area contributed by atoms with Crippen molar-refractivity contribution in [3.05, 3.63) is 83.9 Å². The maximum atomic E-state index is 14.4. The van der Waals surface area contributed by atoms with Gasteiger partial charge in [0.25, 0.3) is 10.0 Å². The van der Waals surface area contributed by atoms with Crippen LogP contribution in [0.25, 0.3) is 0 Å². The zero-order valence-electron chi connectivity index (χ0n) is 26.0. The molecule has 0 radical (unpaired) electrons. The van der Waals surface area contributed by atoms with E-state index in [9.17, 15) is 18.0 Å². The summed E-state index contributed by atoms with van der Waals surface area (Å²) in [5.74, 6) is -0.334. The monoisotopic (exact) mass is 637 g/mol. The maximum absolute atomic E-state index is 14.4. The number of sulfonamides is 1. The average molecular weight is 638 g/mol. The number of hydrogen-bond acceptors (Lipinski definition) is 6. The van der Waals surface area contributed by atoms with E-state index in [-0.39, 0.29) is 29.1 Å². The van der Waals surface area contributed by atoms with Gasteiger partial charge in [0.05, 0.1) is 17.2 Å². The van der Waals surface area contributed by atoms with Crippen LogP contribution in [0.4, 0.5) is 5.69 Å². The Bertz CT molecular complexity index is 1520. The second kappa shape index (κ2) is 15.5. The fraction of sp³-hybridized carbons (Fsp3) is 0.412. The number of aryl methyl sites for hydroxylation is 1. The quantitative estimate of drug-likeness (QED) is 0.212. The number of nitrogens with one attached hydrogen (secondary N) is 1. The highest BCUT2D eigenvalue weighted by atomic mass is 32.2. The van der Waals surface area contributed by atoms with Gasteiger partial charge in [0, 0.05) is 17.5 Å². The third-order valence-electron chi connectivity index (χ3n) is 8.05. The minimum Gasteiger partial charge on any atom is -0.492 e. The third-order valence-corrected chi connectivity index (χ3v) is 10.6. The number of benzene rings is 3. The normalized spacial score (nSPS) is 14.2. The van der Waals surface area contributed by atoms with Crippen LogP contribution in [0.1, 0.15) is 57.1 Å². The molecule has 0 saturated heterocycles. The van der Waals surface area contributed by atoms with Crippen molar-refractivity contribution in [1.29, 1.82) is 0 Å². The number of hydrogen-bond donors (Lipinski definition) is 1. The Morgan fingerprint density at radius 1 is 0.977 bits per heavy atom. The van der Waals surface area contributed by atoms with Gasteiger partial charge in [-0.3, -0.25) is 13.9 Å². The van der Waals surface area contributed by atoms with Crippen LogP contribution < -0.4 is 14.4 Å². The minimum absolute atomic E-state index is 0.0610. The van der Waals surface area contributed by atoms with Gasteiger partial charge in [0.2, 0.25) is 11.8 Å². The van der Waals surface area contributed by atoms with Crippen LogP contribution in [0.5, 0.6) is 5.75 Å². The van der Waals surface area contributed by atoms with Gasteiger partial charge in [0.1, 0.15) is 18.3 Å². The highest BCUT2D eigenvalue weighted by Crippen LogP contribution is 2.33. The van der Waals surface area contributed by atoms with Crippen LogP contribution in [-0.4, -0.2) is 56.6 Å². The fourth-order valence-corrected chi connectivity index (χ4v) is 7.42. The predicted molar refractivity (Wildman–Crippen MR) is 177 cm³/mol. The van der Waals surface area contributed by atoms with Crippen LogP contribution in [0.3, 0.4) is 0 Å². The first kappa shape index (κ1) is 33.4. The van der Waals surface area contributed by atoms with E-state index in [0.717, 1.165) is 46.0 Å². The molecule has 0 aliphatic heterocycles. The molecule has 1 fully saturated rings. The van der Waals surface area contributed by atoms with E-state index in [2.05, 4.69) is 5.32 Å². The highest BCUT2D eigenvalue weighted by Gasteiger charge is 2.35. The molecular weight excluding hydrogens is 595 g/mol. The first-order chi connectivity index (χ1) is 21.2. The van der Waals surface area contributed by atoms with Gasteiger partial charge in [-0.1, -0.05) is 56.2 Å². The van der Waals surface area contributed by atoms with Crippen molar-refractivity contribution < 1.29 is 22.7 Å². The Balaban J connectivity index is 1.76. The molecule has 2 amide bonds. The van der Waals surface area contributed by atoms with Crippen molar-refractivity contribution >= 4 is 39.3 Å². The van der Waals surface area contributed by atoms with Gasteiger partial charge in [-0.2, -0.15) is 0 Å². The van der Waals surface area contributed by atoms with Gasteiger partial charge in [-0.15, -0.1) is 11.8 Å². The summed E-state index contributed by atoms with van der Waals surface area (Å²) in [4.78, 5) is 30.6. The summed E-state index contributed by atoms with van der Waals surface area (Å²) in [7, 11) is -4.20. The van der Waals surface area contributed by atoms with Gasteiger partial charge in [0.15, 0.2) is 0 Å². The van der Waals surface area contributed by atoms with E-state index in [1.807, 2.05) is 51.3 Å². The standard InChI is InChI=1S/C34H43N3O5S2/c1-5-30(34(39)35-27-15-9-10-16-27)36(23-26-14-8-7-13-25(26)3)33(38)24-37(31-17-11-12-18-32(31)42-6-2)44(40,41)29-21-19-28(43-4)20-22-29/h7-8,11-14,17-22,27,30H,5-6,9-10,15-16,23-24H2,1-4H3,(H,35,39)/t30-/m1/s1. The summed E-state index contributed by atoms with van der Waals surface area (Å²) in [6, 6.07) is 20.5. The molecule has 1 atom stereocenters. The van der Waals surface area contributed by atoms with Crippen molar-refractivity contribution in [3.8, 4) is 5.75 Å². The molecule has 0 spiro atoms. The van der Waals surface area contributed by atoms with Crippen LogP contribution in [0.15, 0.2) is 82.6 Å². The van der Waals surface area contributed by atoms with Crippen LogP contribution in [-0.2, 0) is 26.2 Å². The summed E-state index contributed by atoms with van der Waals surface area (Å²) in [6.07, 6.45) is 6.28. The molecule has 1 saturated carbocycles. The molecule has 236 valence electrons. The van der Waals surface area contributed by atoms with E-state index >= 15 is 0 Å². The first-order valence-corrected chi connectivity index (χ1v) is 17.9. The molecule has 1 aliphatic carbocycles. The van der Waals surface area contributed by atoms with Crippen molar-refractivity contribution in [2.24, 2.45) is 0 Å². The number of para-hydroxylation sites is 2. The second-order valence-electron chi connectivity index (χ2n) is 11.0. The lowest BCUT2D eigenvalue weighted by Gasteiger charge is -2.34. The Kier molecular flexibility index (Phi) is 11.7. The summed E-state index contributed by atoms with van der Waals surface area (Å²) >= 11 is 1.51. The van der Waals surface area contributed by atoms with Gasteiger partial charge in [-0.05, 0) is 86.9 Å². The molecule has 1 aliphatic rings. The Hall–Kier alpha value is -3.50. The molecule has 3 aromatic carbocycles. The third kappa shape index (κ3) is 7.95. The maximum Gasteiger partial charge on any atom is 0.264 e. The summed E-state index contributed by atoms with van der Waals surface area (Å²) in [6.45, 7) is 5.65. The summed E-state index contributed by atoms with van der Waals surface area (Å²) in [5.41, 5.74) is 2.14. The minimum atomic E-state index is -4.20. The number of rotatable bonds is 14. The Labute approximate surface area is 266 Å². The van der Waals surface area contributed by atoms with Crippen LogP contribution in [0, 0.1) is 6.92 Å². The number of anilines is 1. The first-order valence-electron chi connectivity index (χ1n) is 15.2. The van der Waals surface area contributed by atoms with Crippen molar-refractivity contribution in [3.63, 3.8) is 0 Å². The topological polar surface area (TPSA) is 96.0 Å². The molecule has 8 nitrogen and oxygen atoms in total. The number of thioether (sulfide) groups is 1. The second-order valence-corrected chi connectivity index (χ2v) is 13.7. The Morgan fingerprint density at radius 3 is 2.27 bits per heavy atom. The number of nitrogens with zero attached hydrogens (tertiary/aromatic N) is 2. The molecule has 0 heterocycles. The summed E-state index contributed by atoms with van der Waals surface area (Å²) in [5, 5.41) is 3.16. The van der Waals surface area contributed by atoms with Gasteiger partial charge < -0.3 is 15.0 Å². The SMILES string of the molecule is CCOc1ccccc1N(CC(=O)N(Cc1ccccc1C)[C@H](CC)C(=O)NC1CCCC1)S(=O)(=O)c1ccc(SC)cc1. The van der Waals surface area contributed by atoms with Crippen molar-refractivity contribution in [1.82, 2.24) is 10.2 Å². The van der Waals surface area contributed by atoms with Gasteiger partial charge in [-0.25, -0.2) is 8.42 Å². The molecule has 10 heteroatoms. The zero-order valence-corrected chi connectivity index (χ0v) is 27.6. The molecule has 3 aromatic rings. The fourth-order valence-electron chi connectivity index (χ4n) is 5.59. The average Bonchev–Trinajstić information content (AvgIpc) is 3.54. The number of carbonyl (C=O) groups excluding carboxylic acids is 2. The molecule has 0 bridgehead atoms. The molecule has 44 heavy (non-hydrogen) atoms. The van der Waals surface area contributed by atoms with Crippen molar-refractivity contribution in [2.45, 2.75) is 81.3 Å². The zero-order chi connectivity index (χ0) is 31.7. The van der Waals surface area contributed by atoms with Gasteiger partial charge >= 0.3 is 0 Å². The number of carbonyl (C=O) groups is 2. The molecule has 4 rings (SSSR count). The Morgan fingerprint density at radius 2 is 1.64 bits per heavy atom. The van der Waals surface area contributed by atoms with E-state index in [0.29, 0.717) is 18.8 Å². The molecule has 1 N–H and O–H groups in total. The molecule has 0 unspecified atom stereocenters. The molecule has 0 aromatic heterocycles. The van der Waals surface area contributed by atoms with E-state index < -0.39 is 28.5 Å².